The third-order valence-electron chi connectivity index (χ3n) is 4.23. The lowest BCUT2D eigenvalue weighted by Crippen LogP contribution is -2.47. The third kappa shape index (κ3) is 3.37. The summed E-state index contributed by atoms with van der Waals surface area (Å²) in [5.41, 5.74) is 0. The summed E-state index contributed by atoms with van der Waals surface area (Å²) >= 11 is 1.51. The van der Waals surface area contributed by atoms with Gasteiger partial charge in [-0.05, 0) is 43.2 Å². The number of carbonyl (C=O) groups excluding carboxylic acids is 2. The molecule has 1 N–H and O–H groups in total. The fraction of sp³-hybridized carbons (Fsp3) is 0.600. The number of thiophene rings is 1. The van der Waals surface area contributed by atoms with Crippen LogP contribution in [0.3, 0.4) is 0 Å². The molecule has 114 valence electrons. The van der Waals surface area contributed by atoms with E-state index in [4.69, 9.17) is 0 Å². The molecular weight excluding hydrogens is 286 g/mol. The summed E-state index contributed by atoms with van der Waals surface area (Å²) in [5, 5.41) is 5.69. The first-order valence-electron chi connectivity index (χ1n) is 7.62. The van der Waals surface area contributed by atoms with Crippen LogP contribution >= 0.6 is 11.3 Å². The summed E-state index contributed by atoms with van der Waals surface area (Å²) in [6.45, 7) is 3.06. The first-order chi connectivity index (χ1) is 10.2. The van der Waals surface area contributed by atoms with Gasteiger partial charge in [-0.25, -0.2) is 4.79 Å². The Morgan fingerprint density at radius 1 is 1.14 bits per heavy atom. The van der Waals surface area contributed by atoms with E-state index in [0.29, 0.717) is 6.54 Å². The fourth-order valence-electron chi connectivity index (χ4n) is 3.09. The maximum absolute atomic E-state index is 12.5. The van der Waals surface area contributed by atoms with Gasteiger partial charge in [-0.3, -0.25) is 10.1 Å². The minimum Gasteiger partial charge on any atom is -0.342 e. The maximum atomic E-state index is 12.5. The van der Waals surface area contributed by atoms with Crippen molar-refractivity contribution in [2.75, 3.05) is 31.5 Å². The van der Waals surface area contributed by atoms with Gasteiger partial charge in [0.25, 0.3) is 0 Å². The van der Waals surface area contributed by atoms with Crippen molar-refractivity contribution in [3.05, 3.63) is 17.5 Å². The predicted octanol–water partition coefficient (Wildman–Crippen LogP) is 2.61. The Labute approximate surface area is 128 Å². The van der Waals surface area contributed by atoms with Crippen molar-refractivity contribution in [2.45, 2.75) is 25.7 Å². The number of urea groups is 1. The standard InChI is InChI=1S/C15H21N3O2S/c19-14(17-7-1-2-8-17)12-5-3-9-18(11-12)15(20)16-13-6-4-10-21-13/h4,6,10,12H,1-3,5,7-9,11H2,(H,16,20). The Hall–Kier alpha value is -1.56. The molecule has 6 heteroatoms. The topological polar surface area (TPSA) is 52.7 Å². The number of carbonyl (C=O) groups is 2. The highest BCUT2D eigenvalue weighted by Crippen LogP contribution is 2.22. The highest BCUT2D eigenvalue weighted by molar-refractivity contribution is 7.14. The van der Waals surface area contributed by atoms with Crippen LogP contribution in [0.4, 0.5) is 9.80 Å². The SMILES string of the molecule is O=C(Nc1cccs1)N1CCCC(C(=O)N2CCCC2)C1. The Kier molecular flexibility index (Phi) is 4.43. The lowest BCUT2D eigenvalue weighted by molar-refractivity contribution is -0.135. The van der Waals surface area contributed by atoms with Gasteiger partial charge in [-0.15, -0.1) is 11.3 Å². The molecule has 21 heavy (non-hydrogen) atoms. The Balaban J connectivity index is 1.57. The van der Waals surface area contributed by atoms with Gasteiger partial charge in [0.1, 0.15) is 0 Å². The van der Waals surface area contributed by atoms with Crippen LogP contribution in [0.5, 0.6) is 0 Å². The van der Waals surface area contributed by atoms with E-state index in [2.05, 4.69) is 5.32 Å². The van der Waals surface area contributed by atoms with Crippen LogP contribution in [0.1, 0.15) is 25.7 Å². The molecule has 1 unspecified atom stereocenters. The average Bonchev–Trinajstić information content (AvgIpc) is 3.20. The lowest BCUT2D eigenvalue weighted by Gasteiger charge is -2.33. The molecule has 0 saturated carbocycles. The predicted molar refractivity (Wildman–Crippen MR) is 83.4 cm³/mol. The quantitative estimate of drug-likeness (QED) is 0.913. The van der Waals surface area contributed by atoms with Gasteiger partial charge >= 0.3 is 6.03 Å². The van der Waals surface area contributed by atoms with Gasteiger partial charge in [0.2, 0.25) is 5.91 Å². The van der Waals surface area contributed by atoms with Crippen LogP contribution < -0.4 is 5.32 Å². The zero-order valence-electron chi connectivity index (χ0n) is 12.1. The number of nitrogens with one attached hydrogen (secondary N) is 1. The lowest BCUT2D eigenvalue weighted by atomic mass is 9.97. The van der Waals surface area contributed by atoms with E-state index < -0.39 is 0 Å². The van der Waals surface area contributed by atoms with Crippen molar-refractivity contribution < 1.29 is 9.59 Å². The zero-order valence-corrected chi connectivity index (χ0v) is 12.9. The van der Waals surface area contributed by atoms with Crippen molar-refractivity contribution >= 4 is 28.3 Å². The van der Waals surface area contributed by atoms with E-state index in [1.165, 1.54) is 11.3 Å². The van der Waals surface area contributed by atoms with Crippen molar-refractivity contribution in [3.8, 4) is 0 Å². The Bertz CT molecular complexity index is 497. The van der Waals surface area contributed by atoms with E-state index in [1.807, 2.05) is 22.4 Å². The largest absolute Gasteiger partial charge is 0.342 e. The molecule has 0 spiro atoms. The number of amides is 3. The van der Waals surface area contributed by atoms with Crippen molar-refractivity contribution in [1.82, 2.24) is 9.80 Å². The summed E-state index contributed by atoms with van der Waals surface area (Å²) in [4.78, 5) is 28.4. The fourth-order valence-corrected chi connectivity index (χ4v) is 3.70. The number of piperidine rings is 1. The second-order valence-corrected chi connectivity index (χ2v) is 6.67. The minimum absolute atomic E-state index is 0.0223. The Morgan fingerprint density at radius 3 is 2.62 bits per heavy atom. The minimum atomic E-state index is -0.0867. The van der Waals surface area contributed by atoms with Crippen molar-refractivity contribution in [2.24, 2.45) is 5.92 Å². The third-order valence-corrected chi connectivity index (χ3v) is 5.01. The van der Waals surface area contributed by atoms with Crippen LogP contribution in [0.15, 0.2) is 17.5 Å². The Morgan fingerprint density at radius 2 is 1.90 bits per heavy atom. The molecule has 0 bridgehead atoms. The maximum Gasteiger partial charge on any atom is 0.322 e. The monoisotopic (exact) mass is 307 g/mol. The second-order valence-electron chi connectivity index (χ2n) is 5.73. The number of anilines is 1. The first kappa shape index (κ1) is 14.4. The number of hydrogen-bond acceptors (Lipinski definition) is 3. The van der Waals surface area contributed by atoms with Gasteiger partial charge in [-0.1, -0.05) is 0 Å². The number of nitrogens with zero attached hydrogens (tertiary/aromatic N) is 2. The highest BCUT2D eigenvalue weighted by atomic mass is 32.1. The molecule has 2 aliphatic heterocycles. The van der Waals surface area contributed by atoms with Crippen LogP contribution in [0.25, 0.3) is 0 Å². The molecule has 0 radical (unpaired) electrons. The van der Waals surface area contributed by atoms with Crippen LogP contribution in [0, 0.1) is 5.92 Å². The molecule has 0 aromatic carbocycles. The van der Waals surface area contributed by atoms with Gasteiger partial charge < -0.3 is 9.80 Å². The highest BCUT2D eigenvalue weighted by Gasteiger charge is 2.32. The molecule has 3 amide bonds. The van der Waals surface area contributed by atoms with Crippen molar-refractivity contribution in [3.63, 3.8) is 0 Å². The summed E-state index contributed by atoms with van der Waals surface area (Å²) in [6.07, 6.45) is 4.03. The van der Waals surface area contributed by atoms with Crippen LogP contribution in [0.2, 0.25) is 0 Å². The molecule has 1 aromatic heterocycles. The molecule has 2 aliphatic rings. The van der Waals surface area contributed by atoms with Gasteiger partial charge in [-0.2, -0.15) is 0 Å². The normalized spacial score (nSPS) is 22.4. The summed E-state index contributed by atoms with van der Waals surface area (Å²) in [7, 11) is 0. The number of rotatable bonds is 2. The smallest absolute Gasteiger partial charge is 0.322 e. The molecular formula is C15H21N3O2S. The molecule has 3 rings (SSSR count). The average molecular weight is 307 g/mol. The van der Waals surface area contributed by atoms with E-state index in [9.17, 15) is 9.59 Å². The van der Waals surface area contributed by atoms with E-state index >= 15 is 0 Å². The molecule has 1 aromatic rings. The summed E-state index contributed by atoms with van der Waals surface area (Å²) in [5.74, 6) is 0.215. The molecule has 3 heterocycles. The summed E-state index contributed by atoms with van der Waals surface area (Å²) < 4.78 is 0. The first-order valence-corrected chi connectivity index (χ1v) is 8.50. The molecule has 5 nitrogen and oxygen atoms in total. The van der Waals surface area contributed by atoms with Gasteiger partial charge in [0.05, 0.1) is 10.9 Å². The van der Waals surface area contributed by atoms with Crippen molar-refractivity contribution in [1.29, 1.82) is 0 Å². The van der Waals surface area contributed by atoms with Gasteiger partial charge in [0.15, 0.2) is 0 Å². The number of likely N-dealkylation sites (tertiary alicyclic amines) is 2. The van der Waals surface area contributed by atoms with E-state index in [1.54, 1.807) is 4.90 Å². The van der Waals surface area contributed by atoms with Gasteiger partial charge in [0, 0.05) is 26.2 Å². The molecule has 0 aliphatic carbocycles. The summed E-state index contributed by atoms with van der Waals surface area (Å²) in [6, 6.07) is 3.71. The number of hydrogen-bond donors (Lipinski definition) is 1. The van der Waals surface area contributed by atoms with Crippen LogP contribution in [-0.2, 0) is 4.79 Å². The van der Waals surface area contributed by atoms with Crippen LogP contribution in [-0.4, -0.2) is 47.9 Å². The second kappa shape index (κ2) is 6.47. The van der Waals surface area contributed by atoms with E-state index in [0.717, 1.165) is 50.3 Å². The van der Waals surface area contributed by atoms with E-state index in [-0.39, 0.29) is 17.9 Å². The molecule has 2 fully saturated rings. The molecule has 1 atom stereocenters. The molecule has 2 saturated heterocycles. The zero-order chi connectivity index (χ0) is 14.7.